The highest BCUT2D eigenvalue weighted by Crippen LogP contribution is 2.34. The minimum Gasteiger partial charge on any atom is -0.497 e. The number of nitrogens with one attached hydrogen (secondary N) is 2. The first-order chi connectivity index (χ1) is 13.2. The molecule has 2 fully saturated rings. The third-order valence-electron chi connectivity index (χ3n) is 5.71. The maximum absolute atomic E-state index is 12.8. The average Bonchev–Trinajstić information content (AvgIpc) is 3.38. The van der Waals surface area contributed by atoms with Gasteiger partial charge in [0.2, 0.25) is 5.95 Å². The van der Waals surface area contributed by atoms with Crippen LogP contribution in [0, 0.1) is 0 Å². The summed E-state index contributed by atoms with van der Waals surface area (Å²) >= 11 is 0. The van der Waals surface area contributed by atoms with E-state index in [-0.39, 0.29) is 12.1 Å². The molecule has 2 heterocycles. The predicted octanol–water partition coefficient (Wildman–Crippen LogP) is 4.23. The van der Waals surface area contributed by atoms with Crippen molar-refractivity contribution >= 4 is 12.0 Å². The number of amides is 2. The normalized spacial score (nSPS) is 20.6. The number of benzene rings is 1. The van der Waals surface area contributed by atoms with E-state index in [1.165, 1.54) is 19.3 Å². The van der Waals surface area contributed by atoms with Crippen LogP contribution in [0.2, 0.25) is 0 Å². The van der Waals surface area contributed by atoms with Crippen molar-refractivity contribution in [2.45, 2.75) is 56.9 Å². The smallest absolute Gasteiger partial charge is 0.324 e. The molecule has 7 heteroatoms. The van der Waals surface area contributed by atoms with Gasteiger partial charge in [0.05, 0.1) is 13.2 Å². The Morgan fingerprint density at radius 3 is 2.89 bits per heavy atom. The van der Waals surface area contributed by atoms with E-state index in [0.29, 0.717) is 11.9 Å². The zero-order chi connectivity index (χ0) is 18.6. The number of anilines is 1. The van der Waals surface area contributed by atoms with Crippen LogP contribution < -0.4 is 10.1 Å². The summed E-state index contributed by atoms with van der Waals surface area (Å²) in [5.41, 5.74) is 1.10. The van der Waals surface area contributed by atoms with Gasteiger partial charge in [0.1, 0.15) is 11.6 Å². The van der Waals surface area contributed by atoms with Gasteiger partial charge in [-0.15, -0.1) is 5.10 Å². The highest BCUT2D eigenvalue weighted by molar-refractivity contribution is 5.88. The van der Waals surface area contributed by atoms with Crippen molar-refractivity contribution in [3.8, 4) is 5.75 Å². The quantitative estimate of drug-likeness (QED) is 0.845. The fraction of sp³-hybridized carbons (Fsp3) is 0.550. The number of likely N-dealkylation sites (tertiary alicyclic amines) is 1. The maximum atomic E-state index is 12.8. The molecule has 2 aromatic rings. The van der Waals surface area contributed by atoms with Crippen LogP contribution in [-0.2, 0) is 0 Å². The van der Waals surface area contributed by atoms with E-state index in [0.717, 1.165) is 49.4 Å². The second kappa shape index (κ2) is 7.98. The number of aromatic nitrogens is 3. The van der Waals surface area contributed by atoms with Gasteiger partial charge in [-0.25, -0.2) is 4.79 Å². The largest absolute Gasteiger partial charge is 0.497 e. The second-order valence-corrected chi connectivity index (χ2v) is 7.44. The molecule has 0 spiro atoms. The SMILES string of the molecule is COc1cccc(C2CCCN2C(=O)Nc2n[nH]c(C3CCCCC3)n2)c1. The van der Waals surface area contributed by atoms with Crippen molar-refractivity contribution in [2.24, 2.45) is 0 Å². The summed E-state index contributed by atoms with van der Waals surface area (Å²) in [6.07, 6.45) is 8.00. The van der Waals surface area contributed by atoms with Crippen molar-refractivity contribution in [1.29, 1.82) is 0 Å². The molecule has 1 saturated heterocycles. The summed E-state index contributed by atoms with van der Waals surface area (Å²) in [6.45, 7) is 0.730. The zero-order valence-electron chi connectivity index (χ0n) is 15.8. The zero-order valence-corrected chi connectivity index (χ0v) is 15.8. The Morgan fingerprint density at radius 1 is 1.22 bits per heavy atom. The molecule has 1 aliphatic heterocycles. The third kappa shape index (κ3) is 3.91. The first-order valence-electron chi connectivity index (χ1n) is 9.88. The van der Waals surface area contributed by atoms with Gasteiger partial charge in [-0.2, -0.15) is 4.98 Å². The molecule has 27 heavy (non-hydrogen) atoms. The Bertz CT molecular complexity index is 784. The molecule has 2 N–H and O–H groups in total. The Hall–Kier alpha value is -2.57. The van der Waals surface area contributed by atoms with Crippen molar-refractivity contribution in [1.82, 2.24) is 20.1 Å². The van der Waals surface area contributed by atoms with Gasteiger partial charge in [0, 0.05) is 12.5 Å². The van der Waals surface area contributed by atoms with Crippen molar-refractivity contribution in [3.63, 3.8) is 0 Å². The van der Waals surface area contributed by atoms with E-state index in [1.54, 1.807) is 7.11 Å². The Balaban J connectivity index is 1.43. The fourth-order valence-corrected chi connectivity index (χ4v) is 4.26. The lowest BCUT2D eigenvalue weighted by Crippen LogP contribution is -2.34. The molecule has 1 aromatic heterocycles. The lowest BCUT2D eigenvalue weighted by Gasteiger charge is -2.25. The molecule has 0 bridgehead atoms. The Labute approximate surface area is 159 Å². The van der Waals surface area contributed by atoms with Crippen molar-refractivity contribution in [3.05, 3.63) is 35.7 Å². The molecule has 7 nitrogen and oxygen atoms in total. The summed E-state index contributed by atoms with van der Waals surface area (Å²) in [6, 6.07) is 7.85. The maximum Gasteiger partial charge on any atom is 0.324 e. The number of carbonyl (C=O) groups is 1. The topological polar surface area (TPSA) is 83.1 Å². The first-order valence-corrected chi connectivity index (χ1v) is 9.88. The highest BCUT2D eigenvalue weighted by atomic mass is 16.5. The Kier molecular flexibility index (Phi) is 5.27. The summed E-state index contributed by atoms with van der Waals surface area (Å²) in [5, 5.41) is 10.1. The van der Waals surface area contributed by atoms with Gasteiger partial charge >= 0.3 is 6.03 Å². The first kappa shape index (κ1) is 17.8. The summed E-state index contributed by atoms with van der Waals surface area (Å²) in [5.74, 6) is 2.52. The molecule has 1 unspecified atom stereocenters. The molecular formula is C20H27N5O2. The van der Waals surface area contributed by atoms with Gasteiger partial charge in [0.15, 0.2) is 0 Å². The van der Waals surface area contributed by atoms with E-state index in [4.69, 9.17) is 4.74 Å². The number of nitrogens with zero attached hydrogens (tertiary/aromatic N) is 3. The summed E-state index contributed by atoms with van der Waals surface area (Å²) < 4.78 is 5.32. The van der Waals surface area contributed by atoms with Gasteiger partial charge in [-0.1, -0.05) is 31.4 Å². The van der Waals surface area contributed by atoms with Gasteiger partial charge in [0.25, 0.3) is 0 Å². The third-order valence-corrected chi connectivity index (χ3v) is 5.71. The van der Waals surface area contributed by atoms with Crippen LogP contribution in [0.25, 0.3) is 0 Å². The van der Waals surface area contributed by atoms with Crippen LogP contribution in [0.1, 0.15) is 68.3 Å². The number of methoxy groups -OCH3 is 1. The molecule has 2 amide bonds. The predicted molar refractivity (Wildman–Crippen MR) is 103 cm³/mol. The van der Waals surface area contributed by atoms with Crippen LogP contribution in [0.5, 0.6) is 5.75 Å². The minimum atomic E-state index is -0.144. The van der Waals surface area contributed by atoms with Crippen LogP contribution in [0.3, 0.4) is 0 Å². The van der Waals surface area contributed by atoms with E-state index in [9.17, 15) is 4.79 Å². The fourth-order valence-electron chi connectivity index (χ4n) is 4.26. The number of aromatic amines is 1. The number of hydrogen-bond acceptors (Lipinski definition) is 4. The number of rotatable bonds is 4. The van der Waals surface area contributed by atoms with Gasteiger partial charge in [-0.05, 0) is 43.4 Å². The molecule has 4 rings (SSSR count). The van der Waals surface area contributed by atoms with Gasteiger partial charge < -0.3 is 9.64 Å². The number of H-pyrrole nitrogens is 1. The van der Waals surface area contributed by atoms with E-state index >= 15 is 0 Å². The molecular weight excluding hydrogens is 342 g/mol. The average molecular weight is 369 g/mol. The highest BCUT2D eigenvalue weighted by Gasteiger charge is 2.31. The number of ether oxygens (including phenoxy) is 1. The van der Waals surface area contributed by atoms with E-state index in [1.807, 2.05) is 29.2 Å². The Morgan fingerprint density at radius 2 is 2.07 bits per heavy atom. The second-order valence-electron chi connectivity index (χ2n) is 7.44. The number of hydrogen-bond donors (Lipinski definition) is 2. The molecule has 0 radical (unpaired) electrons. The minimum absolute atomic E-state index is 0.0526. The van der Waals surface area contributed by atoms with Crippen molar-refractivity contribution in [2.75, 3.05) is 19.0 Å². The number of urea groups is 1. The molecule has 1 aromatic carbocycles. The summed E-state index contributed by atoms with van der Waals surface area (Å²) in [7, 11) is 1.66. The molecule has 2 aliphatic rings. The lowest BCUT2D eigenvalue weighted by atomic mass is 9.89. The van der Waals surface area contributed by atoms with Crippen LogP contribution in [0.4, 0.5) is 10.7 Å². The standard InChI is InChI=1S/C20H27N5O2/c1-27-16-10-5-9-15(13-16)17-11-6-12-25(17)20(26)22-19-21-18(23-24-19)14-7-3-2-4-8-14/h5,9-10,13-14,17H,2-4,6-8,11-12H2,1H3,(H2,21,22,23,24,26). The number of carbonyl (C=O) groups excluding carboxylic acids is 1. The monoisotopic (exact) mass is 369 g/mol. The molecule has 1 aliphatic carbocycles. The van der Waals surface area contributed by atoms with Crippen LogP contribution in [0.15, 0.2) is 24.3 Å². The molecule has 144 valence electrons. The van der Waals surface area contributed by atoms with Crippen molar-refractivity contribution < 1.29 is 9.53 Å². The van der Waals surface area contributed by atoms with Crippen LogP contribution in [-0.4, -0.2) is 39.8 Å². The molecule has 1 saturated carbocycles. The van der Waals surface area contributed by atoms with Crippen LogP contribution >= 0.6 is 0 Å². The summed E-state index contributed by atoms with van der Waals surface area (Å²) in [4.78, 5) is 19.2. The molecule has 1 atom stereocenters. The van der Waals surface area contributed by atoms with E-state index in [2.05, 4.69) is 20.5 Å². The van der Waals surface area contributed by atoms with Gasteiger partial charge in [-0.3, -0.25) is 10.4 Å². The van der Waals surface area contributed by atoms with E-state index < -0.39 is 0 Å². The lowest BCUT2D eigenvalue weighted by molar-refractivity contribution is 0.207.